The standard InChI is InChI=1S/C32H24F6N4O2/c33-31(34,35)19-9-13-21(14-10-19)41-29(43)39-17-27-23-5-1-2-6-24(23)28(26-8-4-3-7-25(26)27)18-40-30(44)42-22-15-11-20(12-16-22)32(36,37)38/h1-16H,17-18H2,(H2,39,41,43)(H2,40,42,44). The molecule has 4 amide bonds. The van der Waals surface area contributed by atoms with Crippen LogP contribution in [-0.4, -0.2) is 12.1 Å². The molecule has 0 aliphatic heterocycles. The molecule has 0 radical (unpaired) electrons. The van der Waals surface area contributed by atoms with Gasteiger partial charge in [-0.15, -0.1) is 0 Å². The zero-order valence-electron chi connectivity index (χ0n) is 22.7. The Bertz CT molecular complexity index is 1630. The van der Waals surface area contributed by atoms with Gasteiger partial charge < -0.3 is 21.3 Å². The largest absolute Gasteiger partial charge is 0.416 e. The summed E-state index contributed by atoms with van der Waals surface area (Å²) in [6.45, 7) is 0.186. The number of fused-ring (bicyclic) bond motifs is 2. The Morgan fingerprint density at radius 1 is 0.477 bits per heavy atom. The fourth-order valence-corrected chi connectivity index (χ4v) is 4.86. The van der Waals surface area contributed by atoms with Crippen molar-refractivity contribution in [1.29, 1.82) is 0 Å². The first-order valence-corrected chi connectivity index (χ1v) is 13.3. The van der Waals surface area contributed by atoms with Gasteiger partial charge in [-0.25, -0.2) is 9.59 Å². The molecule has 6 nitrogen and oxygen atoms in total. The minimum atomic E-state index is -4.49. The van der Waals surface area contributed by atoms with Crippen LogP contribution in [0.5, 0.6) is 0 Å². The average Bonchev–Trinajstić information content (AvgIpc) is 2.98. The number of benzene rings is 5. The third-order valence-corrected chi connectivity index (χ3v) is 6.95. The molecule has 0 aliphatic carbocycles. The van der Waals surface area contributed by atoms with Crippen LogP contribution in [0.2, 0.25) is 0 Å². The molecule has 0 unspecified atom stereocenters. The molecule has 0 aliphatic rings. The first-order valence-electron chi connectivity index (χ1n) is 13.3. The number of halogens is 6. The monoisotopic (exact) mass is 610 g/mol. The van der Waals surface area contributed by atoms with Crippen LogP contribution in [0.3, 0.4) is 0 Å². The van der Waals surface area contributed by atoms with E-state index in [4.69, 9.17) is 0 Å². The van der Waals surface area contributed by atoms with Gasteiger partial charge in [-0.3, -0.25) is 0 Å². The van der Waals surface area contributed by atoms with Crippen molar-refractivity contribution in [2.24, 2.45) is 0 Å². The van der Waals surface area contributed by atoms with Gasteiger partial charge in [0.2, 0.25) is 0 Å². The van der Waals surface area contributed by atoms with E-state index in [0.29, 0.717) is 0 Å². The van der Waals surface area contributed by atoms with Crippen molar-refractivity contribution in [1.82, 2.24) is 10.6 Å². The number of amides is 4. The Balaban J connectivity index is 1.33. The van der Waals surface area contributed by atoms with E-state index in [0.717, 1.165) is 56.9 Å². The van der Waals surface area contributed by atoms with E-state index >= 15 is 0 Å². The molecular weight excluding hydrogens is 586 g/mol. The first-order chi connectivity index (χ1) is 20.9. The van der Waals surface area contributed by atoms with E-state index in [1.165, 1.54) is 24.3 Å². The van der Waals surface area contributed by atoms with Crippen molar-refractivity contribution in [3.8, 4) is 0 Å². The van der Waals surface area contributed by atoms with E-state index in [1.807, 2.05) is 48.5 Å². The molecule has 0 spiro atoms. The van der Waals surface area contributed by atoms with Gasteiger partial charge in [-0.05, 0) is 81.2 Å². The molecular formula is C32H24F6N4O2. The predicted molar refractivity (Wildman–Crippen MR) is 156 cm³/mol. The smallest absolute Gasteiger partial charge is 0.334 e. The molecule has 0 saturated carbocycles. The van der Waals surface area contributed by atoms with Crippen LogP contribution in [-0.2, 0) is 25.4 Å². The van der Waals surface area contributed by atoms with Crippen molar-refractivity contribution in [2.75, 3.05) is 10.6 Å². The second kappa shape index (κ2) is 12.2. The first kappa shape index (κ1) is 30.2. The summed E-state index contributed by atoms with van der Waals surface area (Å²) in [5, 5.41) is 13.8. The SMILES string of the molecule is O=C(NCc1c2ccccc2c(CNC(=O)Nc2ccc(C(F)(F)F)cc2)c2ccccc12)Nc1ccc(C(F)(F)F)cc1. The summed E-state index contributed by atoms with van der Waals surface area (Å²) in [4.78, 5) is 25.3. The fourth-order valence-electron chi connectivity index (χ4n) is 4.86. The zero-order chi connectivity index (χ0) is 31.5. The molecule has 0 saturated heterocycles. The second-order valence-corrected chi connectivity index (χ2v) is 9.81. The fraction of sp³-hybridized carbons (Fsp3) is 0.125. The van der Waals surface area contributed by atoms with Crippen LogP contribution in [0.1, 0.15) is 22.3 Å². The highest BCUT2D eigenvalue weighted by Gasteiger charge is 2.30. The molecule has 0 fully saturated rings. The van der Waals surface area contributed by atoms with E-state index in [1.54, 1.807) is 0 Å². The van der Waals surface area contributed by atoms with Crippen LogP contribution in [0, 0.1) is 0 Å². The van der Waals surface area contributed by atoms with Crippen LogP contribution >= 0.6 is 0 Å². The minimum Gasteiger partial charge on any atom is -0.334 e. The summed E-state index contributed by atoms with van der Waals surface area (Å²) >= 11 is 0. The molecule has 5 aromatic carbocycles. The van der Waals surface area contributed by atoms with Gasteiger partial charge in [0.05, 0.1) is 11.1 Å². The molecule has 0 atom stereocenters. The van der Waals surface area contributed by atoms with Gasteiger partial charge in [0.25, 0.3) is 0 Å². The number of carbonyl (C=O) groups is 2. The number of urea groups is 2. The molecule has 44 heavy (non-hydrogen) atoms. The lowest BCUT2D eigenvalue weighted by molar-refractivity contribution is -0.138. The van der Waals surface area contributed by atoms with Crippen LogP contribution in [0.25, 0.3) is 21.5 Å². The highest BCUT2D eigenvalue weighted by Crippen LogP contribution is 2.34. The summed E-state index contributed by atoms with van der Waals surface area (Å²) in [5.41, 5.74) is 0.317. The normalized spacial score (nSPS) is 11.8. The Kier molecular flexibility index (Phi) is 8.34. The van der Waals surface area contributed by atoms with Crippen LogP contribution < -0.4 is 21.3 Å². The molecule has 0 heterocycles. The van der Waals surface area contributed by atoms with E-state index in [-0.39, 0.29) is 24.5 Å². The maximum Gasteiger partial charge on any atom is 0.416 e. The van der Waals surface area contributed by atoms with Crippen molar-refractivity contribution in [3.63, 3.8) is 0 Å². The minimum absolute atomic E-state index is 0.0929. The number of rotatable bonds is 6. The average molecular weight is 611 g/mol. The third kappa shape index (κ3) is 6.86. The molecule has 226 valence electrons. The maximum atomic E-state index is 12.8. The van der Waals surface area contributed by atoms with Crippen molar-refractivity contribution in [2.45, 2.75) is 25.4 Å². The summed E-state index contributed by atoms with van der Waals surface area (Å²) < 4.78 is 77.0. The van der Waals surface area contributed by atoms with Crippen molar-refractivity contribution < 1.29 is 35.9 Å². The summed E-state index contributed by atoms with van der Waals surface area (Å²) in [7, 11) is 0. The quantitative estimate of drug-likeness (QED) is 0.115. The molecule has 5 rings (SSSR count). The van der Waals surface area contributed by atoms with E-state index in [2.05, 4.69) is 21.3 Å². The van der Waals surface area contributed by atoms with E-state index < -0.39 is 35.5 Å². The van der Waals surface area contributed by atoms with Gasteiger partial charge in [0.1, 0.15) is 0 Å². The van der Waals surface area contributed by atoms with Crippen molar-refractivity contribution >= 4 is 45.0 Å². The van der Waals surface area contributed by atoms with E-state index in [9.17, 15) is 35.9 Å². The highest BCUT2D eigenvalue weighted by molar-refractivity contribution is 6.06. The predicted octanol–water partition coefficient (Wildman–Crippen LogP) is 8.67. The molecule has 0 bridgehead atoms. The number of alkyl halides is 6. The summed E-state index contributed by atoms with van der Waals surface area (Å²) in [5.74, 6) is 0. The second-order valence-electron chi connectivity index (χ2n) is 9.81. The van der Waals surface area contributed by atoms with Gasteiger partial charge in [0.15, 0.2) is 0 Å². The topological polar surface area (TPSA) is 82.3 Å². The number of carbonyl (C=O) groups excluding carboxylic acids is 2. The molecule has 4 N–H and O–H groups in total. The molecule has 5 aromatic rings. The Labute approximate surface area is 247 Å². The Morgan fingerprint density at radius 2 is 0.773 bits per heavy atom. The van der Waals surface area contributed by atoms with Crippen LogP contribution in [0.15, 0.2) is 97.1 Å². The Morgan fingerprint density at radius 3 is 1.05 bits per heavy atom. The van der Waals surface area contributed by atoms with Crippen molar-refractivity contribution in [3.05, 3.63) is 119 Å². The number of anilines is 2. The third-order valence-electron chi connectivity index (χ3n) is 6.95. The number of nitrogens with one attached hydrogen (secondary N) is 4. The summed E-state index contributed by atoms with van der Waals surface area (Å²) in [6, 6.07) is 21.8. The van der Waals surface area contributed by atoms with Gasteiger partial charge >= 0.3 is 24.4 Å². The van der Waals surface area contributed by atoms with Gasteiger partial charge in [-0.2, -0.15) is 26.3 Å². The summed E-state index contributed by atoms with van der Waals surface area (Å²) in [6.07, 6.45) is -8.97. The molecule has 0 aromatic heterocycles. The maximum absolute atomic E-state index is 12.8. The zero-order valence-corrected chi connectivity index (χ0v) is 22.7. The highest BCUT2D eigenvalue weighted by atomic mass is 19.4. The lowest BCUT2D eigenvalue weighted by Gasteiger charge is -2.18. The van der Waals surface area contributed by atoms with Gasteiger partial charge in [-0.1, -0.05) is 48.5 Å². The number of hydrogen-bond donors (Lipinski definition) is 4. The van der Waals surface area contributed by atoms with Gasteiger partial charge in [0, 0.05) is 24.5 Å². The molecule has 12 heteroatoms. The Hall–Kier alpha value is -5.26. The van der Waals surface area contributed by atoms with Crippen LogP contribution in [0.4, 0.5) is 47.3 Å². The lowest BCUT2D eigenvalue weighted by Crippen LogP contribution is -2.29. The number of hydrogen-bond acceptors (Lipinski definition) is 2. The lowest BCUT2D eigenvalue weighted by atomic mass is 9.91.